The number of alkyl halides is 6. The number of carbonyl (C=O) groups is 1. The van der Waals surface area contributed by atoms with E-state index >= 15 is 0 Å². The summed E-state index contributed by atoms with van der Waals surface area (Å²) in [7, 11) is 0. The molecule has 0 saturated heterocycles. The Morgan fingerprint density at radius 2 is 1.61 bits per heavy atom. The summed E-state index contributed by atoms with van der Waals surface area (Å²) in [6.45, 7) is 1.56. The molecule has 3 N–H and O–H groups in total. The number of carbonyl (C=O) groups excluding carboxylic acids is 1. The van der Waals surface area contributed by atoms with Gasteiger partial charge < -0.3 is 11.1 Å². The second-order valence-corrected chi connectivity index (χ2v) is 3.86. The van der Waals surface area contributed by atoms with E-state index in [-0.39, 0.29) is 13.0 Å². The zero-order valence-electron chi connectivity index (χ0n) is 9.53. The highest BCUT2D eigenvalue weighted by Gasteiger charge is 2.61. The Balaban J connectivity index is 4.70. The summed E-state index contributed by atoms with van der Waals surface area (Å²) >= 11 is 0. The van der Waals surface area contributed by atoms with E-state index in [1.165, 1.54) is 6.92 Å². The van der Waals surface area contributed by atoms with Gasteiger partial charge in [0.05, 0.1) is 0 Å². The third-order valence-corrected chi connectivity index (χ3v) is 2.15. The molecule has 1 atom stereocenters. The van der Waals surface area contributed by atoms with E-state index in [4.69, 9.17) is 5.73 Å². The topological polar surface area (TPSA) is 55.1 Å². The summed E-state index contributed by atoms with van der Waals surface area (Å²) in [5.74, 6) is -6.08. The fraction of sp³-hybridized carbons (Fsp3) is 0.889. The molecule has 0 saturated carbocycles. The minimum absolute atomic E-state index is 0.213. The smallest absolute Gasteiger partial charge is 0.353 e. The number of amides is 1. The lowest BCUT2D eigenvalue weighted by Gasteiger charge is -2.24. The van der Waals surface area contributed by atoms with Crippen LogP contribution in [0.2, 0.25) is 0 Å². The number of rotatable bonds is 5. The molecule has 0 aliphatic carbocycles. The van der Waals surface area contributed by atoms with E-state index < -0.39 is 30.2 Å². The van der Waals surface area contributed by atoms with E-state index in [2.05, 4.69) is 0 Å². The van der Waals surface area contributed by atoms with Crippen molar-refractivity contribution in [2.75, 3.05) is 6.54 Å². The monoisotopic (exact) mass is 280 g/mol. The third kappa shape index (κ3) is 5.56. The Morgan fingerprint density at radius 1 is 1.17 bits per heavy atom. The van der Waals surface area contributed by atoms with Gasteiger partial charge in [0.2, 0.25) is 11.8 Å². The van der Waals surface area contributed by atoms with Gasteiger partial charge in [-0.1, -0.05) is 0 Å². The SMILES string of the molecule is CC(CCCN)NC(=O)C(C(F)(F)F)C(F)(F)F. The van der Waals surface area contributed by atoms with Gasteiger partial charge in [0.1, 0.15) is 0 Å². The van der Waals surface area contributed by atoms with Crippen molar-refractivity contribution in [3.63, 3.8) is 0 Å². The van der Waals surface area contributed by atoms with Crippen LogP contribution in [0.25, 0.3) is 0 Å². The zero-order chi connectivity index (χ0) is 14.6. The van der Waals surface area contributed by atoms with E-state index in [9.17, 15) is 31.1 Å². The summed E-state index contributed by atoms with van der Waals surface area (Å²) in [5.41, 5.74) is 5.13. The average Bonchev–Trinajstić information content (AvgIpc) is 2.09. The predicted molar refractivity (Wildman–Crippen MR) is 51.5 cm³/mol. The molecule has 0 rings (SSSR count). The van der Waals surface area contributed by atoms with E-state index in [0.29, 0.717) is 6.42 Å². The molecule has 0 heterocycles. The maximum Gasteiger partial charge on any atom is 0.409 e. The Kier molecular flexibility index (Phi) is 5.91. The lowest BCUT2D eigenvalue weighted by molar-refractivity contribution is -0.274. The van der Waals surface area contributed by atoms with Crippen LogP contribution >= 0.6 is 0 Å². The van der Waals surface area contributed by atoms with Gasteiger partial charge in [-0.3, -0.25) is 4.79 Å². The van der Waals surface area contributed by atoms with Crippen LogP contribution in [0.1, 0.15) is 19.8 Å². The molecule has 18 heavy (non-hydrogen) atoms. The number of hydrogen-bond donors (Lipinski definition) is 2. The molecule has 0 bridgehead atoms. The summed E-state index contributed by atoms with van der Waals surface area (Å²) < 4.78 is 73.0. The van der Waals surface area contributed by atoms with Crippen molar-refractivity contribution in [3.05, 3.63) is 0 Å². The molecule has 1 unspecified atom stereocenters. The molecule has 0 spiro atoms. The molecule has 0 aromatic rings. The molecular weight excluding hydrogens is 266 g/mol. The first-order valence-electron chi connectivity index (χ1n) is 5.14. The highest BCUT2D eigenvalue weighted by atomic mass is 19.4. The maximum atomic E-state index is 12.2. The fourth-order valence-electron chi connectivity index (χ4n) is 1.31. The first-order valence-corrected chi connectivity index (χ1v) is 5.14. The van der Waals surface area contributed by atoms with Crippen molar-refractivity contribution in [3.8, 4) is 0 Å². The van der Waals surface area contributed by atoms with Gasteiger partial charge in [-0.2, -0.15) is 26.3 Å². The van der Waals surface area contributed by atoms with Crippen molar-refractivity contribution in [1.82, 2.24) is 5.32 Å². The lowest BCUT2D eigenvalue weighted by atomic mass is 10.1. The van der Waals surface area contributed by atoms with Crippen molar-refractivity contribution in [2.24, 2.45) is 11.7 Å². The lowest BCUT2D eigenvalue weighted by Crippen LogP contribution is -2.50. The molecule has 0 aromatic carbocycles. The summed E-state index contributed by atoms with van der Waals surface area (Å²) in [6, 6.07) is -0.798. The first kappa shape index (κ1) is 17.0. The van der Waals surface area contributed by atoms with Crippen LogP contribution in [0.15, 0.2) is 0 Å². The summed E-state index contributed by atoms with van der Waals surface area (Å²) in [5, 5.41) is 1.69. The summed E-state index contributed by atoms with van der Waals surface area (Å²) in [6.07, 6.45) is -10.7. The normalized spacial score (nSPS) is 14.7. The van der Waals surface area contributed by atoms with Crippen LogP contribution in [0.5, 0.6) is 0 Å². The molecule has 108 valence electrons. The highest BCUT2D eigenvalue weighted by molar-refractivity contribution is 5.80. The number of nitrogens with one attached hydrogen (secondary N) is 1. The number of nitrogens with two attached hydrogens (primary N) is 1. The van der Waals surface area contributed by atoms with E-state index in [1.54, 1.807) is 5.32 Å². The van der Waals surface area contributed by atoms with Crippen LogP contribution in [-0.2, 0) is 4.79 Å². The van der Waals surface area contributed by atoms with Crippen LogP contribution in [-0.4, -0.2) is 30.8 Å². The average molecular weight is 280 g/mol. The first-order chi connectivity index (χ1) is 8.00. The van der Waals surface area contributed by atoms with Gasteiger partial charge in [0.15, 0.2) is 0 Å². The Bertz CT molecular complexity index is 261. The molecule has 0 aliphatic heterocycles. The molecule has 0 aliphatic rings. The summed E-state index contributed by atoms with van der Waals surface area (Å²) in [4.78, 5) is 11.0. The van der Waals surface area contributed by atoms with Crippen LogP contribution in [0.3, 0.4) is 0 Å². The van der Waals surface area contributed by atoms with Crippen LogP contribution in [0, 0.1) is 5.92 Å². The Labute approximate surface area is 99.7 Å². The van der Waals surface area contributed by atoms with Crippen molar-refractivity contribution >= 4 is 5.91 Å². The third-order valence-electron chi connectivity index (χ3n) is 2.15. The largest absolute Gasteiger partial charge is 0.409 e. The zero-order valence-corrected chi connectivity index (χ0v) is 9.53. The van der Waals surface area contributed by atoms with Crippen molar-refractivity contribution < 1.29 is 31.1 Å². The second kappa shape index (κ2) is 6.26. The van der Waals surface area contributed by atoms with Crippen LogP contribution in [0.4, 0.5) is 26.3 Å². The van der Waals surface area contributed by atoms with Crippen LogP contribution < -0.4 is 11.1 Å². The van der Waals surface area contributed by atoms with Gasteiger partial charge in [-0.15, -0.1) is 0 Å². The molecule has 1 amide bonds. The minimum atomic E-state index is -5.66. The number of hydrogen-bond acceptors (Lipinski definition) is 2. The fourth-order valence-corrected chi connectivity index (χ4v) is 1.31. The van der Waals surface area contributed by atoms with Gasteiger partial charge in [0.25, 0.3) is 0 Å². The highest BCUT2D eigenvalue weighted by Crippen LogP contribution is 2.39. The standard InChI is InChI=1S/C9H14F6N2O/c1-5(3-2-4-16)17-7(18)6(8(10,11)12)9(13,14)15/h5-6H,2-4,16H2,1H3,(H,17,18). The van der Waals surface area contributed by atoms with Gasteiger partial charge in [-0.25, -0.2) is 0 Å². The molecule has 0 radical (unpaired) electrons. The quantitative estimate of drug-likeness (QED) is 0.756. The molecule has 9 heteroatoms. The molecule has 0 aromatic heterocycles. The van der Waals surface area contributed by atoms with Crippen molar-refractivity contribution in [2.45, 2.75) is 38.2 Å². The van der Waals surface area contributed by atoms with E-state index in [1.807, 2.05) is 0 Å². The van der Waals surface area contributed by atoms with E-state index in [0.717, 1.165) is 0 Å². The van der Waals surface area contributed by atoms with Gasteiger partial charge in [-0.05, 0) is 26.3 Å². The molecule has 3 nitrogen and oxygen atoms in total. The Morgan fingerprint density at radius 3 is 1.94 bits per heavy atom. The van der Waals surface area contributed by atoms with Gasteiger partial charge in [0, 0.05) is 6.04 Å². The predicted octanol–water partition coefficient (Wildman–Crippen LogP) is 1.97. The van der Waals surface area contributed by atoms with Gasteiger partial charge >= 0.3 is 12.4 Å². The molecular formula is C9H14F6N2O. The minimum Gasteiger partial charge on any atom is -0.353 e. The van der Waals surface area contributed by atoms with Crippen molar-refractivity contribution in [1.29, 1.82) is 0 Å². The molecule has 0 fully saturated rings. The maximum absolute atomic E-state index is 12.2. The Hall–Kier alpha value is -0.990. The number of halogens is 6. The second-order valence-electron chi connectivity index (χ2n) is 3.86.